The van der Waals surface area contributed by atoms with Gasteiger partial charge in [0, 0.05) is 55.6 Å². The lowest BCUT2D eigenvalue weighted by molar-refractivity contribution is -0.142. The zero-order valence-electron chi connectivity index (χ0n) is 25.8. The van der Waals surface area contributed by atoms with E-state index in [1.165, 1.54) is 7.11 Å². The van der Waals surface area contributed by atoms with Crippen LogP contribution in [-0.2, 0) is 20.8 Å². The molecule has 2 unspecified atom stereocenters. The summed E-state index contributed by atoms with van der Waals surface area (Å²) in [6, 6.07) is 5.03. The van der Waals surface area contributed by atoms with Crippen molar-refractivity contribution in [1.82, 2.24) is 24.6 Å². The predicted octanol–water partition coefficient (Wildman–Crippen LogP) is 4.76. The monoisotopic (exact) mass is 660 g/mol. The molecule has 1 saturated heterocycles. The molecule has 3 atom stereocenters. The summed E-state index contributed by atoms with van der Waals surface area (Å²) < 4.78 is 24.1. The van der Waals surface area contributed by atoms with Crippen LogP contribution in [0.2, 0.25) is 0 Å². The van der Waals surface area contributed by atoms with Crippen molar-refractivity contribution in [3.05, 3.63) is 46.6 Å². The van der Waals surface area contributed by atoms with Gasteiger partial charge >= 0.3 is 12.1 Å². The lowest BCUT2D eigenvalue weighted by atomic mass is 9.92. The number of aromatic nitrogens is 3. The molecule has 0 saturated carbocycles. The number of esters is 1. The van der Waals surface area contributed by atoms with Gasteiger partial charge in [0.25, 0.3) is 0 Å². The Morgan fingerprint density at radius 1 is 1.16 bits per heavy atom. The number of carbonyl (C=O) groups excluding carboxylic acids is 2. The topological polar surface area (TPSA) is 129 Å². The van der Waals surface area contributed by atoms with Gasteiger partial charge in [0.1, 0.15) is 39.1 Å². The largest absolute Gasteiger partial charge is 0.497 e. The average Bonchev–Trinajstić information content (AvgIpc) is 3.34. The fourth-order valence-corrected chi connectivity index (χ4v) is 5.74. The molecule has 2 N–H and O–H groups in total. The van der Waals surface area contributed by atoms with E-state index in [2.05, 4.69) is 31.5 Å². The van der Waals surface area contributed by atoms with Gasteiger partial charge < -0.3 is 34.5 Å². The first-order valence-corrected chi connectivity index (χ1v) is 15.0. The Morgan fingerprint density at radius 2 is 1.93 bits per heavy atom. The van der Waals surface area contributed by atoms with Gasteiger partial charge in [-0.05, 0) is 68.6 Å². The highest BCUT2D eigenvalue weighted by molar-refractivity contribution is 9.10. The molecule has 12 nitrogen and oxygen atoms in total. The van der Waals surface area contributed by atoms with E-state index in [1.807, 2.05) is 49.6 Å². The van der Waals surface area contributed by atoms with E-state index >= 15 is 0 Å². The fraction of sp³-hybridized carbons (Fsp3) is 0.533. The van der Waals surface area contributed by atoms with Crippen molar-refractivity contribution in [3.8, 4) is 11.5 Å². The number of rotatable bonds is 10. The van der Waals surface area contributed by atoms with Crippen LogP contribution in [0.15, 0.2) is 35.2 Å². The second-order valence-electron chi connectivity index (χ2n) is 11.5. The third-order valence-corrected chi connectivity index (χ3v) is 7.95. The second kappa shape index (κ2) is 13.8. The molecule has 0 radical (unpaired) electrons. The van der Waals surface area contributed by atoms with E-state index in [4.69, 9.17) is 23.9 Å². The van der Waals surface area contributed by atoms with E-state index in [1.54, 1.807) is 32.2 Å². The highest BCUT2D eigenvalue weighted by atomic mass is 79.9. The molecule has 1 amide bonds. The standard InChI is InChI=1S/C30H41BrN6O6/c1-18(28(38)42-7)33-16-21-10-8-20(17-37(21)29(39)43-30(2,3)4)27-35-25(31)24-26(32-12-13-36(24)27)34-15-19-9-11-22(40-5)14-23(19)41-6/h9,11-14,18,20-21,33H,8,10,15-17H2,1-7H3,(H,32,34)/t18-,20?,21?/m1/s1. The molecule has 0 spiro atoms. The average molecular weight is 662 g/mol. The van der Waals surface area contributed by atoms with Crippen molar-refractivity contribution in [2.75, 3.05) is 39.7 Å². The minimum Gasteiger partial charge on any atom is -0.497 e. The number of hydrogen-bond acceptors (Lipinski definition) is 10. The smallest absolute Gasteiger partial charge is 0.410 e. The minimum absolute atomic E-state index is 0.0578. The molecule has 2 aromatic heterocycles. The number of piperidine rings is 1. The number of likely N-dealkylation sites (tertiary alicyclic amines) is 1. The molecule has 1 aliphatic rings. The van der Waals surface area contributed by atoms with Gasteiger partial charge in [-0.25, -0.2) is 14.8 Å². The van der Waals surface area contributed by atoms with E-state index in [9.17, 15) is 9.59 Å². The summed E-state index contributed by atoms with van der Waals surface area (Å²) in [5.74, 6) is 2.49. The summed E-state index contributed by atoms with van der Waals surface area (Å²) in [6.45, 7) is 8.60. The molecule has 1 fully saturated rings. The first-order chi connectivity index (χ1) is 20.4. The van der Waals surface area contributed by atoms with Gasteiger partial charge in [-0.15, -0.1) is 0 Å². The van der Waals surface area contributed by atoms with Gasteiger partial charge in [-0.1, -0.05) is 0 Å². The number of methoxy groups -OCH3 is 3. The van der Waals surface area contributed by atoms with E-state index in [0.29, 0.717) is 48.0 Å². The Balaban J connectivity index is 1.57. The number of hydrogen-bond donors (Lipinski definition) is 2. The number of ether oxygens (including phenoxy) is 4. The van der Waals surface area contributed by atoms with Crippen molar-refractivity contribution in [2.24, 2.45) is 0 Å². The lowest BCUT2D eigenvalue weighted by Gasteiger charge is -2.40. The summed E-state index contributed by atoms with van der Waals surface area (Å²) in [4.78, 5) is 36.6. The highest BCUT2D eigenvalue weighted by Crippen LogP contribution is 2.35. The van der Waals surface area contributed by atoms with E-state index < -0.39 is 17.7 Å². The molecule has 1 aromatic carbocycles. The van der Waals surface area contributed by atoms with Crippen LogP contribution in [-0.4, -0.2) is 83.4 Å². The number of imidazole rings is 1. The van der Waals surface area contributed by atoms with Crippen LogP contribution in [0.1, 0.15) is 57.8 Å². The Bertz CT molecular complexity index is 1440. The molecule has 13 heteroatoms. The number of nitrogens with one attached hydrogen (secondary N) is 2. The van der Waals surface area contributed by atoms with Crippen molar-refractivity contribution >= 4 is 39.3 Å². The number of fused-ring (bicyclic) bond motifs is 1. The summed E-state index contributed by atoms with van der Waals surface area (Å²) >= 11 is 3.65. The van der Waals surface area contributed by atoms with Crippen molar-refractivity contribution in [3.63, 3.8) is 0 Å². The molecule has 43 heavy (non-hydrogen) atoms. The third-order valence-electron chi connectivity index (χ3n) is 7.39. The number of halogens is 1. The zero-order valence-corrected chi connectivity index (χ0v) is 27.4. The molecule has 4 rings (SSSR count). The van der Waals surface area contributed by atoms with Crippen LogP contribution in [0.3, 0.4) is 0 Å². The van der Waals surface area contributed by atoms with Crippen LogP contribution >= 0.6 is 15.9 Å². The van der Waals surface area contributed by atoms with Crippen LogP contribution in [0.4, 0.5) is 10.6 Å². The van der Waals surface area contributed by atoms with Crippen molar-refractivity contribution in [2.45, 2.75) is 70.7 Å². The molecule has 0 aliphatic carbocycles. The number of amides is 1. The number of nitrogens with zero attached hydrogens (tertiary/aromatic N) is 4. The Kier molecular flexibility index (Phi) is 10.4. The number of carbonyl (C=O) groups is 2. The molecule has 0 bridgehead atoms. The van der Waals surface area contributed by atoms with Gasteiger partial charge in [-0.2, -0.15) is 0 Å². The maximum Gasteiger partial charge on any atom is 0.410 e. The SMILES string of the molecule is COC(=O)[C@@H](C)NCC1CCC(c2nc(Br)c3c(NCc4ccc(OC)cc4OC)nccn23)CN1C(=O)OC(C)(C)C. The van der Waals surface area contributed by atoms with Crippen LogP contribution in [0.5, 0.6) is 11.5 Å². The Morgan fingerprint density at radius 3 is 2.60 bits per heavy atom. The zero-order chi connectivity index (χ0) is 31.3. The van der Waals surface area contributed by atoms with Gasteiger partial charge in [0.2, 0.25) is 0 Å². The van der Waals surface area contributed by atoms with Gasteiger partial charge in [-0.3, -0.25) is 9.20 Å². The highest BCUT2D eigenvalue weighted by Gasteiger charge is 2.37. The van der Waals surface area contributed by atoms with Crippen molar-refractivity contribution in [1.29, 1.82) is 0 Å². The maximum atomic E-state index is 13.4. The minimum atomic E-state index is -0.650. The predicted molar refractivity (Wildman–Crippen MR) is 166 cm³/mol. The summed E-state index contributed by atoms with van der Waals surface area (Å²) in [7, 11) is 4.61. The summed E-state index contributed by atoms with van der Waals surface area (Å²) in [6.07, 6.45) is 4.70. The molecule has 3 heterocycles. The molecule has 3 aromatic rings. The Hall–Kier alpha value is -3.58. The first-order valence-electron chi connectivity index (χ1n) is 14.2. The Labute approximate surface area is 260 Å². The maximum absolute atomic E-state index is 13.4. The van der Waals surface area contributed by atoms with Crippen LogP contribution in [0, 0.1) is 0 Å². The quantitative estimate of drug-likeness (QED) is 0.294. The third kappa shape index (κ3) is 7.69. The first kappa shape index (κ1) is 32.3. The number of benzene rings is 1. The van der Waals surface area contributed by atoms with E-state index in [0.717, 1.165) is 23.3 Å². The summed E-state index contributed by atoms with van der Waals surface area (Å²) in [5, 5.41) is 6.62. The van der Waals surface area contributed by atoms with Crippen LogP contribution in [0.25, 0.3) is 5.52 Å². The fourth-order valence-electron chi connectivity index (χ4n) is 5.18. The molecular formula is C30H41BrN6O6. The molecular weight excluding hydrogens is 620 g/mol. The van der Waals surface area contributed by atoms with Crippen LogP contribution < -0.4 is 20.1 Å². The second-order valence-corrected chi connectivity index (χ2v) is 12.3. The number of anilines is 1. The lowest BCUT2D eigenvalue weighted by Crippen LogP contribution is -2.53. The van der Waals surface area contributed by atoms with E-state index in [-0.39, 0.29) is 17.9 Å². The molecule has 1 aliphatic heterocycles. The normalized spacial score (nSPS) is 17.8. The summed E-state index contributed by atoms with van der Waals surface area (Å²) in [5.41, 5.74) is 1.09. The molecule has 234 valence electrons. The van der Waals surface area contributed by atoms with Gasteiger partial charge in [0.15, 0.2) is 5.82 Å². The van der Waals surface area contributed by atoms with Gasteiger partial charge in [0.05, 0.1) is 21.3 Å². The van der Waals surface area contributed by atoms with Crippen molar-refractivity contribution < 1.29 is 28.5 Å².